The molecule has 0 aliphatic heterocycles. The van der Waals surface area contributed by atoms with Crippen LogP contribution in [0.3, 0.4) is 0 Å². The smallest absolute Gasteiger partial charge is 0.282 e. The Hall–Kier alpha value is -2.97. The summed E-state index contributed by atoms with van der Waals surface area (Å²) in [4.78, 5) is 18.1. The van der Waals surface area contributed by atoms with Crippen molar-refractivity contribution in [2.45, 2.75) is 39.7 Å². The zero-order valence-electron chi connectivity index (χ0n) is 20.6. The van der Waals surface area contributed by atoms with Crippen molar-refractivity contribution in [1.82, 2.24) is 9.66 Å². The SMILES string of the molecule is CC[C@@H](C)c1nc2ccc(Br)cc2c(=O)n1N=Cc1cc(Br)c(OCc2cccc(C)c2)c(OC)c1. The van der Waals surface area contributed by atoms with Crippen molar-refractivity contribution < 1.29 is 9.47 Å². The van der Waals surface area contributed by atoms with Crippen molar-refractivity contribution in [3.8, 4) is 11.5 Å². The van der Waals surface area contributed by atoms with Crippen molar-refractivity contribution in [1.29, 1.82) is 0 Å². The molecular weight excluding hydrogens is 586 g/mol. The third-order valence-corrected chi connectivity index (χ3v) is 7.01. The summed E-state index contributed by atoms with van der Waals surface area (Å²) in [7, 11) is 1.60. The Bertz CT molecular complexity index is 1500. The van der Waals surface area contributed by atoms with Crippen molar-refractivity contribution >= 4 is 49.0 Å². The molecule has 0 saturated carbocycles. The van der Waals surface area contributed by atoms with E-state index in [0.29, 0.717) is 34.8 Å². The summed E-state index contributed by atoms with van der Waals surface area (Å²) in [6.45, 7) is 6.57. The van der Waals surface area contributed by atoms with Crippen LogP contribution in [-0.2, 0) is 6.61 Å². The number of rotatable bonds is 8. The van der Waals surface area contributed by atoms with Gasteiger partial charge in [-0.15, -0.1) is 0 Å². The molecular formula is C28H27Br2N3O3. The Morgan fingerprint density at radius 2 is 1.94 bits per heavy atom. The summed E-state index contributed by atoms with van der Waals surface area (Å²) in [6, 6.07) is 17.4. The average molecular weight is 613 g/mol. The number of fused-ring (bicyclic) bond motifs is 1. The number of benzene rings is 3. The third-order valence-electron chi connectivity index (χ3n) is 5.93. The van der Waals surface area contributed by atoms with E-state index in [9.17, 15) is 4.79 Å². The zero-order chi connectivity index (χ0) is 25.8. The summed E-state index contributed by atoms with van der Waals surface area (Å²) in [6.07, 6.45) is 2.47. The van der Waals surface area contributed by atoms with Crippen LogP contribution in [0, 0.1) is 6.92 Å². The van der Waals surface area contributed by atoms with E-state index in [2.05, 4.69) is 62.9 Å². The van der Waals surface area contributed by atoms with Crippen LogP contribution in [0.1, 0.15) is 48.7 Å². The highest BCUT2D eigenvalue weighted by molar-refractivity contribution is 9.10. The van der Waals surface area contributed by atoms with Gasteiger partial charge in [-0.05, 0) is 70.7 Å². The summed E-state index contributed by atoms with van der Waals surface area (Å²) in [5, 5.41) is 5.07. The first-order chi connectivity index (χ1) is 17.3. The van der Waals surface area contributed by atoms with Crippen LogP contribution in [-0.4, -0.2) is 23.0 Å². The molecule has 0 N–H and O–H groups in total. The molecule has 3 aromatic carbocycles. The molecule has 0 fully saturated rings. The fourth-order valence-electron chi connectivity index (χ4n) is 3.82. The average Bonchev–Trinajstić information content (AvgIpc) is 2.87. The predicted molar refractivity (Wildman–Crippen MR) is 152 cm³/mol. The minimum absolute atomic E-state index is 0.0570. The molecule has 0 spiro atoms. The lowest BCUT2D eigenvalue weighted by atomic mass is 10.1. The van der Waals surface area contributed by atoms with Crippen LogP contribution in [0.4, 0.5) is 0 Å². The molecule has 1 aromatic heterocycles. The second-order valence-electron chi connectivity index (χ2n) is 8.61. The largest absolute Gasteiger partial charge is 0.493 e. The minimum Gasteiger partial charge on any atom is -0.493 e. The number of hydrogen-bond donors (Lipinski definition) is 0. The first kappa shape index (κ1) is 26.1. The van der Waals surface area contributed by atoms with Gasteiger partial charge in [0.15, 0.2) is 11.5 Å². The molecule has 8 heteroatoms. The van der Waals surface area contributed by atoms with E-state index in [-0.39, 0.29) is 11.5 Å². The van der Waals surface area contributed by atoms with Gasteiger partial charge in [0.2, 0.25) is 0 Å². The minimum atomic E-state index is -0.211. The molecule has 6 nitrogen and oxygen atoms in total. The first-order valence-electron chi connectivity index (χ1n) is 11.6. The standard InChI is InChI=1S/C28H27Br2N3O3/c1-5-18(3)27-32-24-10-9-21(29)14-22(24)28(34)33(27)31-15-20-12-23(30)26(25(13-20)35-4)36-16-19-8-6-7-17(2)11-19/h6-15,18H,5,16H2,1-4H3/t18-/m1/s1. The van der Waals surface area contributed by atoms with Crippen molar-refractivity contribution in [3.05, 3.63) is 96.4 Å². The molecule has 0 aliphatic carbocycles. The Labute approximate surface area is 227 Å². The number of halogens is 2. The van der Waals surface area contributed by atoms with Gasteiger partial charge in [-0.25, -0.2) is 4.98 Å². The monoisotopic (exact) mass is 611 g/mol. The molecule has 186 valence electrons. The summed E-state index contributed by atoms with van der Waals surface area (Å²) >= 11 is 7.05. The van der Waals surface area contributed by atoms with Crippen LogP contribution in [0.2, 0.25) is 0 Å². The highest BCUT2D eigenvalue weighted by atomic mass is 79.9. The molecule has 1 atom stereocenters. The quantitative estimate of drug-likeness (QED) is 0.197. The second kappa shape index (κ2) is 11.4. The number of ether oxygens (including phenoxy) is 2. The van der Waals surface area contributed by atoms with Crippen molar-refractivity contribution in [2.75, 3.05) is 7.11 Å². The number of hydrogen-bond acceptors (Lipinski definition) is 5. The lowest BCUT2D eigenvalue weighted by Gasteiger charge is -2.15. The Balaban J connectivity index is 1.70. The molecule has 36 heavy (non-hydrogen) atoms. The second-order valence-corrected chi connectivity index (χ2v) is 10.4. The highest BCUT2D eigenvalue weighted by Crippen LogP contribution is 2.37. The molecule has 0 amide bonds. The summed E-state index contributed by atoms with van der Waals surface area (Å²) in [5.74, 6) is 1.85. The molecule has 1 heterocycles. The maximum Gasteiger partial charge on any atom is 0.282 e. The number of methoxy groups -OCH3 is 1. The normalized spacial score (nSPS) is 12.3. The van der Waals surface area contributed by atoms with Gasteiger partial charge in [-0.3, -0.25) is 4.79 Å². The van der Waals surface area contributed by atoms with Crippen molar-refractivity contribution in [2.24, 2.45) is 5.10 Å². The Morgan fingerprint density at radius 3 is 2.67 bits per heavy atom. The zero-order valence-corrected chi connectivity index (χ0v) is 23.8. The van der Waals surface area contributed by atoms with E-state index in [1.54, 1.807) is 19.4 Å². The highest BCUT2D eigenvalue weighted by Gasteiger charge is 2.16. The van der Waals surface area contributed by atoms with Crippen LogP contribution in [0.5, 0.6) is 11.5 Å². The topological polar surface area (TPSA) is 65.7 Å². The first-order valence-corrected chi connectivity index (χ1v) is 13.2. The summed E-state index contributed by atoms with van der Waals surface area (Å²) in [5.41, 5.74) is 3.44. The van der Waals surface area contributed by atoms with E-state index in [1.165, 1.54) is 10.2 Å². The van der Waals surface area contributed by atoms with Gasteiger partial charge in [0.1, 0.15) is 12.4 Å². The van der Waals surface area contributed by atoms with Crippen molar-refractivity contribution in [3.63, 3.8) is 0 Å². The third kappa shape index (κ3) is 5.71. The van der Waals surface area contributed by atoms with E-state index < -0.39 is 0 Å². The van der Waals surface area contributed by atoms with Crippen LogP contribution in [0.25, 0.3) is 10.9 Å². The molecule has 0 unspecified atom stereocenters. The van der Waals surface area contributed by atoms with Crippen LogP contribution in [0.15, 0.2) is 73.4 Å². The van der Waals surface area contributed by atoms with Gasteiger partial charge in [0.05, 0.1) is 28.7 Å². The lowest BCUT2D eigenvalue weighted by molar-refractivity contribution is 0.282. The van der Waals surface area contributed by atoms with Crippen LogP contribution < -0.4 is 15.0 Å². The van der Waals surface area contributed by atoms with Gasteiger partial charge in [-0.2, -0.15) is 9.78 Å². The maximum absolute atomic E-state index is 13.4. The van der Waals surface area contributed by atoms with E-state index in [4.69, 9.17) is 14.5 Å². The lowest BCUT2D eigenvalue weighted by Crippen LogP contribution is -2.23. The Kier molecular flexibility index (Phi) is 8.26. The molecule has 4 aromatic rings. The van der Waals surface area contributed by atoms with Gasteiger partial charge < -0.3 is 9.47 Å². The molecule has 0 radical (unpaired) electrons. The van der Waals surface area contributed by atoms with Gasteiger partial charge >= 0.3 is 0 Å². The fraction of sp³-hybridized carbons (Fsp3) is 0.250. The predicted octanol–water partition coefficient (Wildman–Crippen LogP) is 7.21. The Morgan fingerprint density at radius 1 is 1.14 bits per heavy atom. The molecule has 4 rings (SSSR count). The number of aromatic nitrogens is 2. The maximum atomic E-state index is 13.4. The van der Waals surface area contributed by atoms with Gasteiger partial charge in [0.25, 0.3) is 5.56 Å². The fourth-order valence-corrected chi connectivity index (χ4v) is 4.75. The number of aryl methyl sites for hydroxylation is 1. The molecule has 0 aliphatic rings. The molecule has 0 bridgehead atoms. The van der Waals surface area contributed by atoms with Crippen LogP contribution >= 0.6 is 31.9 Å². The molecule has 0 saturated heterocycles. The van der Waals surface area contributed by atoms with E-state index in [0.717, 1.165) is 26.5 Å². The van der Waals surface area contributed by atoms with Gasteiger partial charge in [0, 0.05) is 10.4 Å². The number of nitrogens with zero attached hydrogens (tertiary/aromatic N) is 3. The van der Waals surface area contributed by atoms with E-state index >= 15 is 0 Å². The summed E-state index contributed by atoms with van der Waals surface area (Å²) < 4.78 is 14.6. The van der Waals surface area contributed by atoms with Gasteiger partial charge in [-0.1, -0.05) is 59.6 Å². The van der Waals surface area contributed by atoms with E-state index in [1.807, 2.05) is 43.3 Å².